The van der Waals surface area contributed by atoms with Crippen molar-refractivity contribution < 1.29 is 19.1 Å². The van der Waals surface area contributed by atoms with Crippen molar-refractivity contribution in [1.29, 1.82) is 0 Å². The summed E-state index contributed by atoms with van der Waals surface area (Å²) in [5.41, 5.74) is 1.65. The maximum absolute atomic E-state index is 12.4. The summed E-state index contributed by atoms with van der Waals surface area (Å²) in [4.78, 5) is 36.2. The molecule has 1 N–H and O–H groups in total. The Morgan fingerprint density at radius 3 is 1.82 bits per heavy atom. The summed E-state index contributed by atoms with van der Waals surface area (Å²) >= 11 is 0. The molecule has 0 saturated carbocycles. The summed E-state index contributed by atoms with van der Waals surface area (Å²) in [7, 11) is 0. The molecular weight excluding hydrogens is 354 g/mol. The van der Waals surface area contributed by atoms with Gasteiger partial charge in [-0.05, 0) is 36.4 Å². The van der Waals surface area contributed by atoms with E-state index >= 15 is 0 Å². The number of ether oxygens (including phenoxy) is 1. The Bertz CT molecular complexity index is 951. The van der Waals surface area contributed by atoms with Gasteiger partial charge in [0, 0.05) is 23.2 Å². The molecule has 0 aliphatic carbocycles. The maximum Gasteiger partial charge on any atom is 0.312 e. The molecule has 3 aromatic carbocycles. The number of hydrogen-bond acceptors (Lipinski definition) is 4. The number of esters is 1. The third-order valence-corrected chi connectivity index (χ3v) is 4.03. The molecule has 5 heteroatoms. The van der Waals surface area contributed by atoms with Crippen molar-refractivity contribution >= 4 is 17.7 Å². The Kier molecular flexibility index (Phi) is 6.31. The molecule has 5 nitrogen and oxygen atoms in total. The van der Waals surface area contributed by atoms with Crippen LogP contribution in [0.5, 0.6) is 5.75 Å². The van der Waals surface area contributed by atoms with Crippen LogP contribution in [-0.2, 0) is 4.79 Å². The highest BCUT2D eigenvalue weighted by molar-refractivity contribution is 6.09. The molecule has 3 aromatic rings. The van der Waals surface area contributed by atoms with Crippen LogP contribution in [0.2, 0.25) is 0 Å². The van der Waals surface area contributed by atoms with Gasteiger partial charge in [0.1, 0.15) is 5.75 Å². The first-order valence-electron chi connectivity index (χ1n) is 8.87. The number of benzene rings is 3. The molecule has 0 saturated heterocycles. The van der Waals surface area contributed by atoms with Gasteiger partial charge in [0.15, 0.2) is 5.78 Å². The van der Waals surface area contributed by atoms with E-state index < -0.39 is 5.97 Å². The monoisotopic (exact) mass is 373 g/mol. The maximum atomic E-state index is 12.4. The highest BCUT2D eigenvalue weighted by atomic mass is 16.5. The third-order valence-electron chi connectivity index (χ3n) is 4.03. The molecule has 1 amide bonds. The van der Waals surface area contributed by atoms with Gasteiger partial charge >= 0.3 is 5.97 Å². The number of rotatable bonds is 7. The number of carbonyl (C=O) groups excluding carboxylic acids is 3. The highest BCUT2D eigenvalue weighted by Crippen LogP contribution is 2.16. The summed E-state index contributed by atoms with van der Waals surface area (Å²) in [6.45, 7) is 0.178. The molecule has 0 spiro atoms. The van der Waals surface area contributed by atoms with Gasteiger partial charge in [0.25, 0.3) is 5.91 Å². The molecule has 0 atom stereocenters. The molecule has 3 rings (SSSR count). The predicted molar refractivity (Wildman–Crippen MR) is 105 cm³/mol. The van der Waals surface area contributed by atoms with Crippen LogP contribution >= 0.6 is 0 Å². The topological polar surface area (TPSA) is 72.5 Å². The van der Waals surface area contributed by atoms with Crippen molar-refractivity contribution in [1.82, 2.24) is 5.32 Å². The van der Waals surface area contributed by atoms with Crippen molar-refractivity contribution in [2.45, 2.75) is 6.42 Å². The van der Waals surface area contributed by atoms with Crippen LogP contribution in [0.3, 0.4) is 0 Å². The SMILES string of the molecule is O=C(CCNC(=O)c1ccccc1)Oc1ccc(C(=O)c2ccccc2)cc1. The predicted octanol–water partition coefficient (Wildman–Crippen LogP) is 3.64. The minimum absolute atomic E-state index is 0.0449. The molecule has 0 radical (unpaired) electrons. The van der Waals surface area contributed by atoms with E-state index in [4.69, 9.17) is 4.74 Å². The molecule has 0 bridgehead atoms. The Labute approximate surface area is 163 Å². The fraction of sp³-hybridized carbons (Fsp3) is 0.0870. The third kappa shape index (κ3) is 5.14. The minimum atomic E-state index is -0.463. The van der Waals surface area contributed by atoms with Crippen molar-refractivity contribution in [3.05, 3.63) is 102 Å². The Balaban J connectivity index is 1.48. The molecule has 0 fully saturated rings. The molecule has 0 unspecified atom stereocenters. The number of amides is 1. The molecule has 0 aliphatic heterocycles. The van der Waals surface area contributed by atoms with Crippen LogP contribution in [-0.4, -0.2) is 24.2 Å². The van der Waals surface area contributed by atoms with Crippen LogP contribution in [0.25, 0.3) is 0 Å². The first kappa shape index (κ1) is 19.0. The first-order chi connectivity index (χ1) is 13.6. The molecule has 0 aliphatic rings. The van der Waals surface area contributed by atoms with Gasteiger partial charge in [-0.15, -0.1) is 0 Å². The second kappa shape index (κ2) is 9.28. The van der Waals surface area contributed by atoms with E-state index in [1.54, 1.807) is 72.8 Å². The molecular formula is C23H19NO4. The average molecular weight is 373 g/mol. The lowest BCUT2D eigenvalue weighted by Crippen LogP contribution is -2.27. The van der Waals surface area contributed by atoms with E-state index in [1.807, 2.05) is 12.1 Å². The lowest BCUT2D eigenvalue weighted by molar-refractivity contribution is -0.134. The number of carbonyl (C=O) groups is 3. The van der Waals surface area contributed by atoms with Gasteiger partial charge in [-0.3, -0.25) is 14.4 Å². The number of hydrogen-bond donors (Lipinski definition) is 1. The molecule has 0 aromatic heterocycles. The summed E-state index contributed by atoms with van der Waals surface area (Å²) < 4.78 is 5.24. The zero-order valence-corrected chi connectivity index (χ0v) is 15.1. The van der Waals surface area contributed by atoms with Crippen LogP contribution < -0.4 is 10.1 Å². The van der Waals surface area contributed by atoms with Crippen LogP contribution in [0.1, 0.15) is 32.7 Å². The fourth-order valence-electron chi connectivity index (χ4n) is 2.58. The Hall–Kier alpha value is -3.73. The summed E-state index contributed by atoms with van der Waals surface area (Å²) in [5.74, 6) is -0.446. The van der Waals surface area contributed by atoms with Gasteiger partial charge in [-0.25, -0.2) is 0 Å². The van der Waals surface area contributed by atoms with Gasteiger partial charge in [-0.1, -0.05) is 48.5 Å². The zero-order valence-electron chi connectivity index (χ0n) is 15.1. The van der Waals surface area contributed by atoms with E-state index in [1.165, 1.54) is 0 Å². The van der Waals surface area contributed by atoms with E-state index in [-0.39, 0.29) is 24.7 Å². The van der Waals surface area contributed by atoms with E-state index in [9.17, 15) is 14.4 Å². The largest absolute Gasteiger partial charge is 0.426 e. The average Bonchev–Trinajstić information content (AvgIpc) is 2.75. The number of ketones is 1. The second-order valence-electron chi connectivity index (χ2n) is 6.07. The Morgan fingerprint density at radius 2 is 1.21 bits per heavy atom. The minimum Gasteiger partial charge on any atom is -0.426 e. The van der Waals surface area contributed by atoms with Crippen LogP contribution in [0, 0.1) is 0 Å². The highest BCUT2D eigenvalue weighted by Gasteiger charge is 2.11. The smallest absolute Gasteiger partial charge is 0.312 e. The van der Waals surface area contributed by atoms with Gasteiger partial charge in [0.2, 0.25) is 0 Å². The normalized spacial score (nSPS) is 10.1. The molecule has 140 valence electrons. The second-order valence-corrected chi connectivity index (χ2v) is 6.07. The van der Waals surface area contributed by atoms with Crippen molar-refractivity contribution in [2.75, 3.05) is 6.54 Å². The molecule has 28 heavy (non-hydrogen) atoms. The standard InChI is InChI=1S/C23H19NO4/c25-21(15-16-24-23(27)19-9-5-2-6-10-19)28-20-13-11-18(12-14-20)22(26)17-7-3-1-4-8-17/h1-14H,15-16H2,(H,24,27). The zero-order chi connectivity index (χ0) is 19.8. The first-order valence-corrected chi connectivity index (χ1v) is 8.87. The van der Waals surface area contributed by atoms with Crippen LogP contribution in [0.15, 0.2) is 84.9 Å². The lowest BCUT2D eigenvalue weighted by atomic mass is 10.0. The van der Waals surface area contributed by atoms with Gasteiger partial charge < -0.3 is 10.1 Å². The summed E-state index contributed by atoms with van der Waals surface area (Å²) in [5, 5.41) is 2.67. The van der Waals surface area contributed by atoms with Crippen molar-refractivity contribution in [3.63, 3.8) is 0 Å². The quantitative estimate of drug-likeness (QED) is 0.390. The summed E-state index contributed by atoms with van der Waals surface area (Å²) in [6, 6.07) is 24.1. The number of nitrogens with one attached hydrogen (secondary N) is 1. The van der Waals surface area contributed by atoms with E-state index in [2.05, 4.69) is 5.32 Å². The van der Waals surface area contributed by atoms with Crippen molar-refractivity contribution in [2.24, 2.45) is 0 Å². The van der Waals surface area contributed by atoms with Gasteiger partial charge in [0.05, 0.1) is 6.42 Å². The Morgan fingerprint density at radius 1 is 0.679 bits per heavy atom. The van der Waals surface area contributed by atoms with Crippen molar-refractivity contribution in [3.8, 4) is 5.75 Å². The fourth-order valence-corrected chi connectivity index (χ4v) is 2.58. The molecule has 0 heterocycles. The van der Waals surface area contributed by atoms with Gasteiger partial charge in [-0.2, -0.15) is 0 Å². The summed E-state index contributed by atoms with van der Waals surface area (Å²) in [6.07, 6.45) is 0.0449. The van der Waals surface area contributed by atoms with E-state index in [0.717, 1.165) is 0 Å². The van der Waals surface area contributed by atoms with Crippen LogP contribution in [0.4, 0.5) is 0 Å². The lowest BCUT2D eigenvalue weighted by Gasteiger charge is -2.07. The van der Waals surface area contributed by atoms with E-state index in [0.29, 0.717) is 22.4 Å².